The van der Waals surface area contributed by atoms with Gasteiger partial charge in [0, 0.05) is 6.08 Å². The van der Waals surface area contributed by atoms with Crippen LogP contribution < -0.4 is 11.3 Å². The second kappa shape index (κ2) is 6.02. The molecule has 0 atom stereocenters. The third kappa shape index (κ3) is 4.42. The normalized spacial score (nSPS) is 12.2. The molecule has 3 N–H and O–H groups in total. The molecule has 0 spiro atoms. The summed E-state index contributed by atoms with van der Waals surface area (Å²) < 4.78 is 36.8. The Kier molecular flexibility index (Phi) is 4.67. The van der Waals surface area contributed by atoms with E-state index in [1.165, 1.54) is 30.4 Å². The van der Waals surface area contributed by atoms with E-state index in [1.54, 1.807) is 6.08 Å². The van der Waals surface area contributed by atoms with Crippen LogP contribution in [0.4, 0.5) is 13.2 Å². The molecular formula is C12H11F3N2O. The Morgan fingerprint density at radius 1 is 1.17 bits per heavy atom. The molecule has 1 amide bonds. The van der Waals surface area contributed by atoms with Gasteiger partial charge < -0.3 is 0 Å². The van der Waals surface area contributed by atoms with Gasteiger partial charge in [0.25, 0.3) is 5.91 Å². The summed E-state index contributed by atoms with van der Waals surface area (Å²) in [5.41, 5.74) is 1.80. The number of hydrazine groups is 1. The van der Waals surface area contributed by atoms with Crippen LogP contribution in [0.25, 0.3) is 6.08 Å². The third-order valence-electron chi connectivity index (χ3n) is 2.03. The zero-order valence-electron chi connectivity index (χ0n) is 9.24. The van der Waals surface area contributed by atoms with Crippen molar-refractivity contribution in [3.63, 3.8) is 0 Å². The van der Waals surface area contributed by atoms with Gasteiger partial charge in [0.1, 0.15) is 0 Å². The zero-order chi connectivity index (χ0) is 13.6. The molecule has 1 aromatic carbocycles. The number of hydrogen-bond acceptors (Lipinski definition) is 2. The Hall–Kier alpha value is -2.08. The second-order valence-corrected chi connectivity index (χ2v) is 3.35. The van der Waals surface area contributed by atoms with Crippen molar-refractivity contribution in [1.82, 2.24) is 5.43 Å². The van der Waals surface area contributed by atoms with E-state index in [9.17, 15) is 18.0 Å². The predicted molar refractivity (Wildman–Crippen MR) is 61.9 cm³/mol. The summed E-state index contributed by atoms with van der Waals surface area (Å²) in [6.45, 7) is 0. The van der Waals surface area contributed by atoms with E-state index in [0.717, 1.165) is 12.1 Å². The number of nitrogens with two attached hydrogens (primary N) is 1. The molecule has 3 nitrogen and oxygen atoms in total. The van der Waals surface area contributed by atoms with Gasteiger partial charge in [0.05, 0.1) is 5.56 Å². The first-order chi connectivity index (χ1) is 8.43. The highest BCUT2D eigenvalue weighted by Crippen LogP contribution is 2.29. The van der Waals surface area contributed by atoms with E-state index < -0.39 is 17.6 Å². The van der Waals surface area contributed by atoms with Crippen LogP contribution in [-0.4, -0.2) is 5.91 Å². The van der Waals surface area contributed by atoms with Crippen LogP contribution in [0.5, 0.6) is 0 Å². The SMILES string of the molecule is NNC(=O)/C=C/C=C/c1ccc(C(F)(F)F)cc1. The standard InChI is InChI=1S/C12H11F3N2O/c13-12(14,15)10-7-5-9(6-8-10)3-1-2-4-11(18)17-16/h1-8H,16H2,(H,17,18)/b3-1+,4-2+. The minimum atomic E-state index is -4.33. The minimum absolute atomic E-state index is 0.466. The Labute approximate surface area is 102 Å². The van der Waals surface area contributed by atoms with Crippen LogP contribution in [0.1, 0.15) is 11.1 Å². The summed E-state index contributed by atoms with van der Waals surface area (Å²) in [5.74, 6) is 4.38. The Balaban J connectivity index is 2.67. The Morgan fingerprint density at radius 3 is 2.28 bits per heavy atom. The van der Waals surface area contributed by atoms with E-state index in [-0.39, 0.29) is 0 Å². The van der Waals surface area contributed by atoms with Gasteiger partial charge in [0.2, 0.25) is 0 Å². The molecule has 0 bridgehead atoms. The fourth-order valence-corrected chi connectivity index (χ4v) is 1.14. The number of alkyl halides is 3. The molecule has 96 valence electrons. The molecule has 1 rings (SSSR count). The number of rotatable bonds is 3. The molecule has 0 aliphatic carbocycles. The molecule has 0 aliphatic rings. The lowest BCUT2D eigenvalue weighted by Crippen LogP contribution is -2.27. The highest BCUT2D eigenvalue weighted by Gasteiger charge is 2.29. The van der Waals surface area contributed by atoms with E-state index in [4.69, 9.17) is 5.84 Å². The molecule has 0 unspecified atom stereocenters. The van der Waals surface area contributed by atoms with Crippen molar-refractivity contribution < 1.29 is 18.0 Å². The summed E-state index contributed by atoms with van der Waals surface area (Å²) in [5, 5.41) is 0. The predicted octanol–water partition coefficient (Wildman–Crippen LogP) is 2.26. The molecule has 0 saturated heterocycles. The smallest absolute Gasteiger partial charge is 0.291 e. The van der Waals surface area contributed by atoms with Crippen LogP contribution in [-0.2, 0) is 11.0 Å². The Bertz CT molecular complexity index is 461. The second-order valence-electron chi connectivity index (χ2n) is 3.35. The van der Waals surface area contributed by atoms with Gasteiger partial charge in [-0.1, -0.05) is 30.4 Å². The fraction of sp³-hybridized carbons (Fsp3) is 0.0833. The molecule has 0 radical (unpaired) electrons. The van der Waals surface area contributed by atoms with E-state index in [2.05, 4.69) is 0 Å². The van der Waals surface area contributed by atoms with Gasteiger partial charge in [-0.15, -0.1) is 0 Å². The summed E-state index contributed by atoms with van der Waals surface area (Å²) >= 11 is 0. The number of nitrogens with one attached hydrogen (secondary N) is 1. The van der Waals surface area contributed by atoms with Gasteiger partial charge in [-0.2, -0.15) is 13.2 Å². The zero-order valence-corrected chi connectivity index (χ0v) is 9.24. The average Bonchev–Trinajstić information content (AvgIpc) is 2.33. The number of hydrogen-bond donors (Lipinski definition) is 2. The molecule has 18 heavy (non-hydrogen) atoms. The largest absolute Gasteiger partial charge is 0.416 e. The van der Waals surface area contributed by atoms with Crippen LogP contribution in [0.15, 0.2) is 42.5 Å². The van der Waals surface area contributed by atoms with Gasteiger partial charge in [0.15, 0.2) is 0 Å². The molecule has 0 heterocycles. The molecule has 6 heteroatoms. The van der Waals surface area contributed by atoms with Crippen LogP contribution in [0.3, 0.4) is 0 Å². The lowest BCUT2D eigenvalue weighted by Gasteiger charge is -2.05. The number of benzene rings is 1. The fourth-order valence-electron chi connectivity index (χ4n) is 1.14. The van der Waals surface area contributed by atoms with Gasteiger partial charge >= 0.3 is 6.18 Å². The van der Waals surface area contributed by atoms with Crippen molar-refractivity contribution in [2.75, 3.05) is 0 Å². The van der Waals surface area contributed by atoms with Crippen molar-refractivity contribution >= 4 is 12.0 Å². The van der Waals surface area contributed by atoms with Crippen molar-refractivity contribution in [2.24, 2.45) is 5.84 Å². The highest BCUT2D eigenvalue weighted by molar-refractivity contribution is 5.87. The molecular weight excluding hydrogens is 245 g/mol. The Morgan fingerprint density at radius 2 is 1.78 bits per heavy atom. The monoisotopic (exact) mass is 256 g/mol. The number of carbonyl (C=O) groups is 1. The molecule has 0 saturated carbocycles. The number of halogens is 3. The topological polar surface area (TPSA) is 55.1 Å². The maximum absolute atomic E-state index is 12.3. The summed E-state index contributed by atoms with van der Waals surface area (Å²) in [4.78, 5) is 10.7. The van der Waals surface area contributed by atoms with Crippen LogP contribution in [0, 0.1) is 0 Å². The maximum atomic E-state index is 12.3. The number of amides is 1. The van der Waals surface area contributed by atoms with Crippen molar-refractivity contribution in [3.8, 4) is 0 Å². The molecule has 0 aromatic heterocycles. The van der Waals surface area contributed by atoms with Crippen molar-refractivity contribution in [3.05, 3.63) is 53.6 Å². The van der Waals surface area contributed by atoms with E-state index in [0.29, 0.717) is 5.56 Å². The average molecular weight is 256 g/mol. The van der Waals surface area contributed by atoms with Gasteiger partial charge in [-0.05, 0) is 17.7 Å². The first-order valence-corrected chi connectivity index (χ1v) is 4.96. The van der Waals surface area contributed by atoms with E-state index >= 15 is 0 Å². The third-order valence-corrected chi connectivity index (χ3v) is 2.03. The summed E-state index contributed by atoms with van der Waals surface area (Å²) in [6.07, 6.45) is 1.39. The van der Waals surface area contributed by atoms with Crippen molar-refractivity contribution in [1.29, 1.82) is 0 Å². The number of carbonyl (C=O) groups excluding carboxylic acids is 1. The quantitative estimate of drug-likeness (QED) is 0.286. The first kappa shape index (κ1) is 14.0. The van der Waals surface area contributed by atoms with Gasteiger partial charge in [-0.25, -0.2) is 5.84 Å². The lowest BCUT2D eigenvalue weighted by atomic mass is 10.1. The first-order valence-electron chi connectivity index (χ1n) is 4.96. The lowest BCUT2D eigenvalue weighted by molar-refractivity contribution is -0.137. The van der Waals surface area contributed by atoms with Crippen LogP contribution >= 0.6 is 0 Å². The maximum Gasteiger partial charge on any atom is 0.416 e. The van der Waals surface area contributed by atoms with E-state index in [1.807, 2.05) is 5.43 Å². The minimum Gasteiger partial charge on any atom is -0.291 e. The molecule has 0 fully saturated rings. The number of allylic oxidation sites excluding steroid dienone is 2. The summed E-state index contributed by atoms with van der Waals surface area (Å²) in [6, 6.07) is 4.68. The van der Waals surface area contributed by atoms with Gasteiger partial charge in [-0.3, -0.25) is 10.2 Å². The van der Waals surface area contributed by atoms with Crippen molar-refractivity contribution in [2.45, 2.75) is 6.18 Å². The molecule has 1 aromatic rings. The summed E-state index contributed by atoms with van der Waals surface area (Å²) in [7, 11) is 0. The van der Waals surface area contributed by atoms with Crippen LogP contribution in [0.2, 0.25) is 0 Å². The highest BCUT2D eigenvalue weighted by atomic mass is 19.4. The molecule has 0 aliphatic heterocycles.